The molecule has 2 rings (SSSR count). The number of rotatable bonds is 5. The van der Waals surface area contributed by atoms with Crippen LogP contribution < -0.4 is 4.74 Å². The van der Waals surface area contributed by atoms with Crippen LogP contribution in [0.2, 0.25) is 5.02 Å². The molecular formula is C17H17ClN2O4. The number of carbonyl (C=O) groups excluding carboxylic acids is 1. The molecule has 0 bridgehead atoms. The summed E-state index contributed by atoms with van der Waals surface area (Å²) in [5, 5.41) is 11.1. The van der Waals surface area contributed by atoms with Gasteiger partial charge in [-0.05, 0) is 19.1 Å². The first-order valence-corrected chi connectivity index (χ1v) is 7.58. The first kappa shape index (κ1) is 17.7. The van der Waals surface area contributed by atoms with E-state index in [-0.39, 0.29) is 22.3 Å². The van der Waals surface area contributed by atoms with Crippen molar-refractivity contribution in [3.05, 3.63) is 68.7 Å². The Morgan fingerprint density at radius 1 is 1.29 bits per heavy atom. The lowest BCUT2D eigenvalue weighted by atomic mass is 10.0. The van der Waals surface area contributed by atoms with Crippen molar-refractivity contribution in [1.29, 1.82) is 0 Å². The van der Waals surface area contributed by atoms with Gasteiger partial charge < -0.3 is 9.64 Å². The van der Waals surface area contributed by atoms with Crippen molar-refractivity contribution in [2.24, 2.45) is 0 Å². The number of para-hydroxylation sites is 1. The number of nitrogens with zero attached hydrogens (tertiary/aromatic N) is 2. The summed E-state index contributed by atoms with van der Waals surface area (Å²) in [5.74, 6) is 0.261. The Morgan fingerprint density at radius 3 is 2.58 bits per heavy atom. The minimum atomic E-state index is -0.559. The van der Waals surface area contributed by atoms with Crippen LogP contribution in [-0.2, 0) is 0 Å². The summed E-state index contributed by atoms with van der Waals surface area (Å²) in [7, 11) is 3.18. The van der Waals surface area contributed by atoms with Crippen LogP contribution in [0.15, 0.2) is 42.5 Å². The van der Waals surface area contributed by atoms with Crippen molar-refractivity contribution < 1.29 is 14.5 Å². The molecule has 6 nitrogen and oxygen atoms in total. The minimum Gasteiger partial charge on any atom is -0.496 e. The topological polar surface area (TPSA) is 72.7 Å². The highest BCUT2D eigenvalue weighted by molar-refractivity contribution is 6.33. The van der Waals surface area contributed by atoms with Crippen molar-refractivity contribution in [3.63, 3.8) is 0 Å². The monoisotopic (exact) mass is 348 g/mol. The number of halogens is 1. The lowest BCUT2D eigenvalue weighted by molar-refractivity contribution is -0.384. The maximum atomic E-state index is 12.7. The third kappa shape index (κ3) is 3.49. The summed E-state index contributed by atoms with van der Waals surface area (Å²) in [6.07, 6.45) is 0. The molecular weight excluding hydrogens is 332 g/mol. The smallest absolute Gasteiger partial charge is 0.270 e. The van der Waals surface area contributed by atoms with Gasteiger partial charge in [0.05, 0.1) is 28.7 Å². The second-order valence-corrected chi connectivity index (χ2v) is 5.66. The van der Waals surface area contributed by atoms with Crippen molar-refractivity contribution >= 4 is 23.2 Å². The fourth-order valence-electron chi connectivity index (χ4n) is 2.38. The van der Waals surface area contributed by atoms with Gasteiger partial charge in [-0.1, -0.05) is 29.8 Å². The number of hydrogen-bond acceptors (Lipinski definition) is 4. The molecule has 2 aromatic rings. The number of nitro groups is 1. The van der Waals surface area contributed by atoms with E-state index in [2.05, 4.69) is 0 Å². The molecule has 2 aromatic carbocycles. The van der Waals surface area contributed by atoms with E-state index in [1.807, 2.05) is 31.2 Å². The molecule has 0 radical (unpaired) electrons. The van der Waals surface area contributed by atoms with Crippen LogP contribution in [0.5, 0.6) is 5.75 Å². The molecule has 0 N–H and O–H groups in total. The molecule has 24 heavy (non-hydrogen) atoms. The molecule has 1 amide bonds. The fraction of sp³-hybridized carbons (Fsp3) is 0.235. The normalized spacial score (nSPS) is 11.7. The Bertz CT molecular complexity index is 779. The van der Waals surface area contributed by atoms with E-state index in [1.54, 1.807) is 14.2 Å². The molecule has 0 aromatic heterocycles. The standard InChI is InChI=1S/C17H17ClN2O4/c1-11(13-6-4-5-7-16(13)24-3)19(2)17(21)14-10-12(20(22)23)8-9-15(14)18/h4-11H,1-3H3. The maximum Gasteiger partial charge on any atom is 0.270 e. The minimum absolute atomic E-state index is 0.0927. The average Bonchev–Trinajstić information content (AvgIpc) is 2.59. The summed E-state index contributed by atoms with van der Waals surface area (Å²) in [4.78, 5) is 24.6. The second-order valence-electron chi connectivity index (χ2n) is 5.26. The summed E-state index contributed by atoms with van der Waals surface area (Å²) < 4.78 is 5.32. The summed E-state index contributed by atoms with van der Waals surface area (Å²) in [6, 6.07) is 10.9. The van der Waals surface area contributed by atoms with Gasteiger partial charge in [-0.2, -0.15) is 0 Å². The van der Waals surface area contributed by atoms with Gasteiger partial charge in [0, 0.05) is 24.7 Å². The number of carbonyl (C=O) groups is 1. The highest BCUT2D eigenvalue weighted by Gasteiger charge is 2.24. The molecule has 0 spiro atoms. The zero-order chi connectivity index (χ0) is 17.9. The van der Waals surface area contributed by atoms with E-state index < -0.39 is 10.8 Å². The first-order valence-electron chi connectivity index (χ1n) is 7.20. The average molecular weight is 349 g/mol. The molecule has 0 aliphatic carbocycles. The molecule has 7 heteroatoms. The maximum absolute atomic E-state index is 12.7. The van der Waals surface area contributed by atoms with Crippen molar-refractivity contribution in [2.75, 3.05) is 14.2 Å². The molecule has 1 atom stereocenters. The van der Waals surface area contributed by atoms with Gasteiger partial charge in [0.25, 0.3) is 11.6 Å². The van der Waals surface area contributed by atoms with Gasteiger partial charge in [0.1, 0.15) is 5.75 Å². The molecule has 0 aliphatic rings. The summed E-state index contributed by atoms with van der Waals surface area (Å²) in [5.41, 5.74) is 0.744. The summed E-state index contributed by atoms with van der Waals surface area (Å²) >= 11 is 6.05. The van der Waals surface area contributed by atoms with Crippen molar-refractivity contribution in [2.45, 2.75) is 13.0 Å². The second kappa shape index (κ2) is 7.31. The number of methoxy groups -OCH3 is 1. The van der Waals surface area contributed by atoms with Gasteiger partial charge in [-0.25, -0.2) is 0 Å². The highest BCUT2D eigenvalue weighted by Crippen LogP contribution is 2.30. The van der Waals surface area contributed by atoms with Gasteiger partial charge in [-0.15, -0.1) is 0 Å². The lowest BCUT2D eigenvalue weighted by Gasteiger charge is -2.27. The molecule has 0 saturated heterocycles. The van der Waals surface area contributed by atoms with Crippen LogP contribution in [-0.4, -0.2) is 29.9 Å². The largest absolute Gasteiger partial charge is 0.496 e. The van der Waals surface area contributed by atoms with Gasteiger partial charge in [0.15, 0.2) is 0 Å². The Labute approximate surface area is 144 Å². The predicted octanol–water partition coefficient (Wildman–Crippen LogP) is 4.09. The SMILES string of the molecule is COc1ccccc1C(C)N(C)C(=O)c1cc([N+](=O)[O-])ccc1Cl. The Kier molecular flexibility index (Phi) is 5.41. The first-order chi connectivity index (χ1) is 11.4. The number of hydrogen-bond donors (Lipinski definition) is 0. The van der Waals surface area contributed by atoms with Gasteiger partial charge in [0.2, 0.25) is 0 Å². The van der Waals surface area contributed by atoms with Crippen LogP contribution >= 0.6 is 11.6 Å². The number of non-ortho nitro benzene ring substituents is 1. The third-order valence-corrected chi connectivity index (χ3v) is 4.21. The quantitative estimate of drug-likeness (QED) is 0.602. The van der Waals surface area contributed by atoms with Crippen LogP contribution in [0.25, 0.3) is 0 Å². The van der Waals surface area contributed by atoms with E-state index in [4.69, 9.17) is 16.3 Å². The van der Waals surface area contributed by atoms with Gasteiger partial charge in [-0.3, -0.25) is 14.9 Å². The van der Waals surface area contributed by atoms with Crippen molar-refractivity contribution in [1.82, 2.24) is 4.90 Å². The van der Waals surface area contributed by atoms with Gasteiger partial charge >= 0.3 is 0 Å². The molecule has 0 heterocycles. The zero-order valence-corrected chi connectivity index (χ0v) is 14.3. The van der Waals surface area contributed by atoms with E-state index >= 15 is 0 Å². The number of ether oxygens (including phenoxy) is 1. The predicted molar refractivity (Wildman–Crippen MR) is 91.6 cm³/mol. The number of amides is 1. The zero-order valence-electron chi connectivity index (χ0n) is 13.5. The van der Waals surface area contributed by atoms with Crippen LogP contribution in [0, 0.1) is 10.1 Å². The molecule has 126 valence electrons. The number of nitro benzene ring substituents is 1. The molecule has 0 fully saturated rings. The Morgan fingerprint density at radius 2 is 1.96 bits per heavy atom. The Hall–Kier alpha value is -2.60. The van der Waals surface area contributed by atoms with E-state index in [0.29, 0.717) is 5.75 Å². The Balaban J connectivity index is 2.35. The molecule has 0 aliphatic heterocycles. The fourth-order valence-corrected chi connectivity index (χ4v) is 2.58. The molecule has 0 saturated carbocycles. The lowest BCUT2D eigenvalue weighted by Crippen LogP contribution is -2.30. The van der Waals surface area contributed by atoms with E-state index in [0.717, 1.165) is 5.56 Å². The third-order valence-electron chi connectivity index (χ3n) is 3.88. The van der Waals surface area contributed by atoms with E-state index in [1.165, 1.54) is 23.1 Å². The van der Waals surface area contributed by atoms with Crippen LogP contribution in [0.3, 0.4) is 0 Å². The molecule has 1 unspecified atom stereocenters. The van der Waals surface area contributed by atoms with E-state index in [9.17, 15) is 14.9 Å². The summed E-state index contributed by atoms with van der Waals surface area (Å²) in [6.45, 7) is 1.85. The number of benzene rings is 2. The van der Waals surface area contributed by atoms with Crippen molar-refractivity contribution in [3.8, 4) is 5.75 Å². The van der Waals surface area contributed by atoms with Crippen LogP contribution in [0.1, 0.15) is 28.9 Å². The van der Waals surface area contributed by atoms with Crippen LogP contribution in [0.4, 0.5) is 5.69 Å². The highest BCUT2D eigenvalue weighted by atomic mass is 35.5.